The predicted octanol–water partition coefficient (Wildman–Crippen LogP) is 3.21. The first kappa shape index (κ1) is 17.5. The highest BCUT2D eigenvalue weighted by Gasteiger charge is 2.13. The lowest BCUT2D eigenvalue weighted by atomic mass is 10.1. The maximum Gasteiger partial charge on any atom is 0.344 e. The van der Waals surface area contributed by atoms with Gasteiger partial charge in [0.25, 0.3) is 0 Å². The summed E-state index contributed by atoms with van der Waals surface area (Å²) in [6.45, 7) is 2.48. The molecule has 3 rings (SSSR count). The average Bonchev–Trinajstić information content (AvgIpc) is 2.66. The standard InChI is InChI=1S/C20H18O6/c1-13(20(22)23)26-16-6-4-15(5-7-16)17(21)8-2-14-3-9-18-19(12-14)25-11-10-24-18/h2-9,12-13H,10-11H2,1H3,(H,22,23). The van der Waals surface area contributed by atoms with Gasteiger partial charge in [-0.1, -0.05) is 12.1 Å². The number of ketones is 1. The fraction of sp³-hybridized carbons (Fsp3) is 0.200. The van der Waals surface area contributed by atoms with Gasteiger partial charge in [-0.2, -0.15) is 0 Å². The molecular weight excluding hydrogens is 336 g/mol. The summed E-state index contributed by atoms with van der Waals surface area (Å²) in [7, 11) is 0. The summed E-state index contributed by atoms with van der Waals surface area (Å²) < 4.78 is 16.2. The maximum absolute atomic E-state index is 12.3. The van der Waals surface area contributed by atoms with E-state index in [1.807, 2.05) is 18.2 Å². The van der Waals surface area contributed by atoms with E-state index in [0.29, 0.717) is 36.0 Å². The third-order valence-electron chi connectivity index (χ3n) is 3.79. The van der Waals surface area contributed by atoms with Crippen molar-refractivity contribution in [3.05, 3.63) is 59.7 Å². The number of carboxylic acid groups (broad SMARTS) is 1. The van der Waals surface area contributed by atoms with E-state index in [1.54, 1.807) is 30.3 Å². The van der Waals surface area contributed by atoms with E-state index in [2.05, 4.69) is 0 Å². The van der Waals surface area contributed by atoms with Crippen molar-refractivity contribution >= 4 is 17.8 Å². The van der Waals surface area contributed by atoms with Crippen LogP contribution in [0.15, 0.2) is 48.5 Å². The Morgan fingerprint density at radius 1 is 1.08 bits per heavy atom. The Kier molecular flexibility index (Phi) is 5.22. The van der Waals surface area contributed by atoms with Gasteiger partial charge in [0, 0.05) is 5.56 Å². The van der Waals surface area contributed by atoms with Crippen molar-refractivity contribution in [1.29, 1.82) is 0 Å². The Hall–Kier alpha value is -3.28. The van der Waals surface area contributed by atoms with Crippen molar-refractivity contribution in [3.63, 3.8) is 0 Å². The molecule has 1 aliphatic rings. The summed E-state index contributed by atoms with van der Waals surface area (Å²) in [5.41, 5.74) is 1.31. The molecule has 0 bridgehead atoms. The highest BCUT2D eigenvalue weighted by atomic mass is 16.6. The van der Waals surface area contributed by atoms with Crippen LogP contribution in [0.25, 0.3) is 6.08 Å². The SMILES string of the molecule is CC(Oc1ccc(C(=O)C=Cc2ccc3c(c2)OCCO3)cc1)C(=O)O. The molecule has 1 N–H and O–H groups in total. The number of fused-ring (bicyclic) bond motifs is 1. The number of aliphatic carboxylic acids is 1. The van der Waals surface area contributed by atoms with E-state index in [4.69, 9.17) is 19.3 Å². The Labute approximate surface area is 150 Å². The van der Waals surface area contributed by atoms with Crippen LogP contribution in [0.5, 0.6) is 17.2 Å². The molecule has 2 aromatic rings. The monoisotopic (exact) mass is 354 g/mol. The van der Waals surface area contributed by atoms with Crippen molar-refractivity contribution in [3.8, 4) is 17.2 Å². The number of benzene rings is 2. The number of carbonyl (C=O) groups is 2. The minimum Gasteiger partial charge on any atom is -0.486 e. The molecule has 1 heterocycles. The lowest BCUT2D eigenvalue weighted by Gasteiger charge is -2.18. The number of carboxylic acids is 1. The Bertz CT molecular complexity index is 838. The molecule has 0 spiro atoms. The molecule has 0 aromatic heterocycles. The first-order chi connectivity index (χ1) is 12.5. The Balaban J connectivity index is 1.66. The van der Waals surface area contributed by atoms with Crippen molar-refractivity contribution in [2.24, 2.45) is 0 Å². The molecule has 0 saturated heterocycles. The number of ether oxygens (including phenoxy) is 3. The molecule has 6 nitrogen and oxygen atoms in total. The van der Waals surface area contributed by atoms with Gasteiger partial charge in [-0.3, -0.25) is 4.79 Å². The van der Waals surface area contributed by atoms with Crippen molar-refractivity contribution < 1.29 is 28.9 Å². The second kappa shape index (κ2) is 7.74. The maximum atomic E-state index is 12.3. The fourth-order valence-electron chi connectivity index (χ4n) is 2.38. The first-order valence-electron chi connectivity index (χ1n) is 8.14. The Morgan fingerprint density at radius 2 is 1.77 bits per heavy atom. The second-order valence-corrected chi connectivity index (χ2v) is 5.72. The lowest BCUT2D eigenvalue weighted by molar-refractivity contribution is -0.144. The van der Waals surface area contributed by atoms with Gasteiger partial charge >= 0.3 is 5.97 Å². The van der Waals surface area contributed by atoms with E-state index < -0.39 is 12.1 Å². The van der Waals surface area contributed by atoms with Crippen LogP contribution in [-0.4, -0.2) is 36.2 Å². The van der Waals surface area contributed by atoms with Gasteiger partial charge in [0.05, 0.1) is 0 Å². The van der Waals surface area contributed by atoms with Gasteiger partial charge in [0.2, 0.25) is 0 Å². The van der Waals surface area contributed by atoms with Crippen LogP contribution in [0.1, 0.15) is 22.8 Å². The largest absolute Gasteiger partial charge is 0.486 e. The molecule has 0 aliphatic carbocycles. The van der Waals surface area contributed by atoms with E-state index in [9.17, 15) is 9.59 Å². The van der Waals surface area contributed by atoms with Crippen molar-refractivity contribution in [2.45, 2.75) is 13.0 Å². The molecule has 134 valence electrons. The van der Waals surface area contributed by atoms with Crippen molar-refractivity contribution in [2.75, 3.05) is 13.2 Å². The molecule has 0 saturated carbocycles. The molecular formula is C20H18O6. The quantitative estimate of drug-likeness (QED) is 0.634. The normalized spacial score (nSPS) is 14.0. The summed E-state index contributed by atoms with van der Waals surface area (Å²) in [5, 5.41) is 8.83. The summed E-state index contributed by atoms with van der Waals surface area (Å²) in [5.74, 6) is 0.545. The van der Waals surface area contributed by atoms with Crippen LogP contribution in [-0.2, 0) is 4.79 Å². The summed E-state index contributed by atoms with van der Waals surface area (Å²) in [6.07, 6.45) is 2.23. The topological polar surface area (TPSA) is 82.1 Å². The van der Waals surface area contributed by atoms with Gasteiger partial charge in [-0.05, 0) is 55.0 Å². The van der Waals surface area contributed by atoms with E-state index in [1.165, 1.54) is 13.0 Å². The molecule has 1 atom stereocenters. The van der Waals surface area contributed by atoms with E-state index in [-0.39, 0.29) is 5.78 Å². The number of allylic oxidation sites excluding steroid dienone is 1. The zero-order valence-electron chi connectivity index (χ0n) is 14.2. The fourth-order valence-corrected chi connectivity index (χ4v) is 2.38. The van der Waals surface area contributed by atoms with Crippen LogP contribution in [0.2, 0.25) is 0 Å². The summed E-state index contributed by atoms with van der Waals surface area (Å²) >= 11 is 0. The molecule has 6 heteroatoms. The highest BCUT2D eigenvalue weighted by molar-refractivity contribution is 6.06. The van der Waals surface area contributed by atoms with Crippen LogP contribution in [0.3, 0.4) is 0 Å². The van der Waals surface area contributed by atoms with Gasteiger partial charge in [0.1, 0.15) is 19.0 Å². The number of rotatable bonds is 6. The number of hydrogen-bond acceptors (Lipinski definition) is 5. The van der Waals surface area contributed by atoms with Crippen LogP contribution < -0.4 is 14.2 Å². The van der Waals surface area contributed by atoms with Crippen molar-refractivity contribution in [1.82, 2.24) is 0 Å². The van der Waals surface area contributed by atoms with Gasteiger partial charge in [0.15, 0.2) is 23.4 Å². The summed E-state index contributed by atoms with van der Waals surface area (Å²) in [4.78, 5) is 23.1. The van der Waals surface area contributed by atoms with E-state index in [0.717, 1.165) is 5.56 Å². The lowest BCUT2D eigenvalue weighted by Crippen LogP contribution is -2.22. The average molecular weight is 354 g/mol. The Morgan fingerprint density at radius 3 is 2.46 bits per heavy atom. The smallest absolute Gasteiger partial charge is 0.344 e. The van der Waals surface area contributed by atoms with Crippen LogP contribution in [0.4, 0.5) is 0 Å². The van der Waals surface area contributed by atoms with Crippen LogP contribution >= 0.6 is 0 Å². The van der Waals surface area contributed by atoms with Gasteiger partial charge < -0.3 is 19.3 Å². The molecule has 2 aromatic carbocycles. The van der Waals surface area contributed by atoms with Gasteiger partial charge in [-0.15, -0.1) is 0 Å². The second-order valence-electron chi connectivity index (χ2n) is 5.72. The zero-order valence-corrected chi connectivity index (χ0v) is 14.2. The molecule has 1 unspecified atom stereocenters. The van der Waals surface area contributed by atoms with Crippen LogP contribution in [0, 0.1) is 0 Å². The molecule has 1 aliphatic heterocycles. The number of hydrogen-bond donors (Lipinski definition) is 1. The summed E-state index contributed by atoms with van der Waals surface area (Å²) in [6, 6.07) is 11.8. The third-order valence-corrected chi connectivity index (χ3v) is 3.79. The molecule has 0 amide bonds. The predicted molar refractivity (Wildman–Crippen MR) is 95.0 cm³/mol. The minimum atomic E-state index is -1.05. The number of carbonyl (C=O) groups excluding carboxylic acids is 1. The molecule has 0 radical (unpaired) electrons. The molecule has 0 fully saturated rings. The minimum absolute atomic E-state index is 0.169. The zero-order chi connectivity index (χ0) is 18.5. The van der Waals surface area contributed by atoms with Gasteiger partial charge in [-0.25, -0.2) is 4.79 Å². The molecule has 26 heavy (non-hydrogen) atoms. The third kappa shape index (κ3) is 4.22. The van der Waals surface area contributed by atoms with E-state index >= 15 is 0 Å². The highest BCUT2D eigenvalue weighted by Crippen LogP contribution is 2.31. The first-order valence-corrected chi connectivity index (χ1v) is 8.14.